The molecule has 2 aromatic heterocycles. The fourth-order valence-electron chi connectivity index (χ4n) is 2.47. The molecule has 0 aliphatic heterocycles. The van der Waals surface area contributed by atoms with Crippen LogP contribution < -0.4 is 11.1 Å². The Hall–Kier alpha value is -3.06. The largest absolute Gasteiger partial charge is 0.326 e. The lowest BCUT2D eigenvalue weighted by molar-refractivity contribution is 0.101. The number of nitrogens with one attached hydrogen (secondary N) is 1. The van der Waals surface area contributed by atoms with Crippen molar-refractivity contribution in [2.24, 2.45) is 12.8 Å². The van der Waals surface area contributed by atoms with Crippen molar-refractivity contribution < 1.29 is 9.18 Å². The van der Waals surface area contributed by atoms with E-state index in [-0.39, 0.29) is 18.3 Å². The molecular weight excluding hydrogens is 309 g/mol. The van der Waals surface area contributed by atoms with E-state index in [1.807, 2.05) is 0 Å². The van der Waals surface area contributed by atoms with Gasteiger partial charge in [0, 0.05) is 42.8 Å². The number of carbonyl (C=O) groups is 1. The third-order valence-electron chi connectivity index (χ3n) is 3.67. The summed E-state index contributed by atoms with van der Waals surface area (Å²) >= 11 is 0. The van der Waals surface area contributed by atoms with Crippen LogP contribution in [0.3, 0.4) is 0 Å². The molecule has 2 heterocycles. The Kier molecular flexibility index (Phi) is 4.35. The first-order chi connectivity index (χ1) is 11.6. The normalized spacial score (nSPS) is 10.6. The van der Waals surface area contributed by atoms with Gasteiger partial charge in [0.1, 0.15) is 11.5 Å². The smallest absolute Gasteiger partial charge is 0.274 e. The minimum Gasteiger partial charge on any atom is -0.326 e. The molecule has 0 atom stereocenters. The van der Waals surface area contributed by atoms with E-state index >= 15 is 0 Å². The zero-order chi connectivity index (χ0) is 17.1. The van der Waals surface area contributed by atoms with Gasteiger partial charge in [0.15, 0.2) is 0 Å². The average Bonchev–Trinajstić information content (AvgIpc) is 2.98. The maximum atomic E-state index is 14.1. The van der Waals surface area contributed by atoms with Crippen molar-refractivity contribution >= 4 is 11.6 Å². The second-order valence-corrected chi connectivity index (χ2v) is 5.23. The van der Waals surface area contributed by atoms with Crippen LogP contribution in [-0.2, 0) is 13.6 Å². The molecule has 0 saturated carbocycles. The summed E-state index contributed by atoms with van der Waals surface area (Å²) in [4.78, 5) is 16.4. The number of nitrogens with two attached hydrogens (primary N) is 1. The Morgan fingerprint density at radius 2 is 2.04 bits per heavy atom. The molecule has 0 fully saturated rings. The standard InChI is InChI=1S/C17H16FN5O/c1-23-16(12(9-19)10-21-23)17(24)22-13-2-3-15(18)14(8-13)11-4-6-20-7-5-11/h2-8,10H,9,19H2,1H3,(H,22,24). The van der Waals surface area contributed by atoms with Crippen LogP contribution >= 0.6 is 0 Å². The number of amides is 1. The lowest BCUT2D eigenvalue weighted by Crippen LogP contribution is -2.19. The fraction of sp³-hybridized carbons (Fsp3) is 0.118. The zero-order valence-corrected chi connectivity index (χ0v) is 13.0. The van der Waals surface area contributed by atoms with E-state index in [1.165, 1.54) is 16.8 Å². The molecule has 0 saturated heterocycles. The number of hydrogen-bond donors (Lipinski definition) is 2. The number of pyridine rings is 1. The van der Waals surface area contributed by atoms with Crippen molar-refractivity contribution in [1.82, 2.24) is 14.8 Å². The average molecular weight is 325 g/mol. The van der Waals surface area contributed by atoms with Gasteiger partial charge < -0.3 is 11.1 Å². The summed E-state index contributed by atoms with van der Waals surface area (Å²) < 4.78 is 15.5. The number of carbonyl (C=O) groups excluding carboxylic acids is 1. The van der Waals surface area contributed by atoms with E-state index in [2.05, 4.69) is 15.4 Å². The van der Waals surface area contributed by atoms with Crippen LogP contribution in [0.25, 0.3) is 11.1 Å². The maximum Gasteiger partial charge on any atom is 0.274 e. The van der Waals surface area contributed by atoms with Crippen LogP contribution in [0, 0.1) is 5.82 Å². The maximum absolute atomic E-state index is 14.1. The van der Waals surface area contributed by atoms with Crippen LogP contribution in [0.4, 0.5) is 10.1 Å². The molecular formula is C17H16FN5O. The van der Waals surface area contributed by atoms with Gasteiger partial charge in [-0.2, -0.15) is 5.10 Å². The second-order valence-electron chi connectivity index (χ2n) is 5.23. The topological polar surface area (TPSA) is 85.8 Å². The summed E-state index contributed by atoms with van der Waals surface area (Å²) in [6.07, 6.45) is 4.73. The summed E-state index contributed by atoms with van der Waals surface area (Å²) in [7, 11) is 1.67. The van der Waals surface area contributed by atoms with Crippen molar-refractivity contribution in [1.29, 1.82) is 0 Å². The van der Waals surface area contributed by atoms with Gasteiger partial charge in [0.25, 0.3) is 5.91 Å². The molecule has 0 bridgehead atoms. The van der Waals surface area contributed by atoms with Crippen molar-refractivity contribution in [3.05, 3.63) is 66.0 Å². The highest BCUT2D eigenvalue weighted by Gasteiger charge is 2.16. The molecule has 0 spiro atoms. The Balaban J connectivity index is 1.91. The van der Waals surface area contributed by atoms with Crippen molar-refractivity contribution in [2.75, 3.05) is 5.32 Å². The Morgan fingerprint density at radius 1 is 1.29 bits per heavy atom. The quantitative estimate of drug-likeness (QED) is 0.771. The Bertz CT molecular complexity index is 876. The summed E-state index contributed by atoms with van der Waals surface area (Å²) in [6, 6.07) is 7.82. The Morgan fingerprint density at radius 3 is 2.75 bits per heavy atom. The predicted octanol–water partition coefficient (Wildman–Crippen LogP) is 2.33. The van der Waals surface area contributed by atoms with Gasteiger partial charge in [-0.1, -0.05) is 0 Å². The second kappa shape index (κ2) is 6.59. The van der Waals surface area contributed by atoms with Gasteiger partial charge in [-0.15, -0.1) is 0 Å². The minimum absolute atomic E-state index is 0.211. The first kappa shape index (κ1) is 15.8. The molecule has 0 aliphatic rings. The van der Waals surface area contributed by atoms with Crippen LogP contribution in [0.15, 0.2) is 48.9 Å². The first-order valence-corrected chi connectivity index (χ1v) is 7.32. The molecule has 24 heavy (non-hydrogen) atoms. The predicted molar refractivity (Wildman–Crippen MR) is 88.7 cm³/mol. The van der Waals surface area contributed by atoms with Gasteiger partial charge in [0.05, 0.1) is 6.20 Å². The van der Waals surface area contributed by atoms with Gasteiger partial charge in [-0.05, 0) is 35.9 Å². The summed E-state index contributed by atoms with van der Waals surface area (Å²) in [6.45, 7) is 0.211. The molecule has 7 heteroatoms. The van der Waals surface area contributed by atoms with Gasteiger partial charge in [0.2, 0.25) is 0 Å². The minimum atomic E-state index is -0.373. The highest BCUT2D eigenvalue weighted by Crippen LogP contribution is 2.26. The van der Waals surface area contributed by atoms with Gasteiger partial charge >= 0.3 is 0 Å². The number of hydrogen-bond acceptors (Lipinski definition) is 4. The molecule has 0 radical (unpaired) electrons. The molecule has 3 N–H and O–H groups in total. The van der Waals surface area contributed by atoms with Crippen LogP contribution in [0.2, 0.25) is 0 Å². The first-order valence-electron chi connectivity index (χ1n) is 7.32. The summed E-state index contributed by atoms with van der Waals surface area (Å²) in [5.41, 5.74) is 8.21. The van der Waals surface area contributed by atoms with E-state index in [9.17, 15) is 9.18 Å². The molecule has 0 aliphatic carbocycles. The van der Waals surface area contributed by atoms with E-state index in [4.69, 9.17) is 5.73 Å². The zero-order valence-electron chi connectivity index (χ0n) is 13.0. The van der Waals surface area contributed by atoms with Gasteiger partial charge in [-0.25, -0.2) is 4.39 Å². The molecule has 122 valence electrons. The van der Waals surface area contributed by atoms with Crippen LogP contribution in [0.1, 0.15) is 16.1 Å². The molecule has 3 rings (SSSR count). The summed E-state index contributed by atoms with van der Waals surface area (Å²) in [5.74, 6) is -0.717. The number of nitrogens with zero attached hydrogens (tertiary/aromatic N) is 3. The van der Waals surface area contributed by atoms with Crippen molar-refractivity contribution in [3.8, 4) is 11.1 Å². The number of benzene rings is 1. The molecule has 3 aromatic rings. The molecule has 1 amide bonds. The lowest BCUT2D eigenvalue weighted by Gasteiger charge is -2.10. The highest BCUT2D eigenvalue weighted by atomic mass is 19.1. The van der Waals surface area contributed by atoms with Crippen molar-refractivity contribution in [3.63, 3.8) is 0 Å². The monoisotopic (exact) mass is 325 g/mol. The van der Waals surface area contributed by atoms with E-state index in [0.717, 1.165) is 0 Å². The number of aromatic nitrogens is 3. The number of aryl methyl sites for hydroxylation is 1. The Labute approximate surface area is 138 Å². The number of anilines is 1. The van der Waals surface area contributed by atoms with Crippen LogP contribution in [-0.4, -0.2) is 20.7 Å². The fourth-order valence-corrected chi connectivity index (χ4v) is 2.47. The van der Waals surface area contributed by atoms with Crippen molar-refractivity contribution in [2.45, 2.75) is 6.54 Å². The lowest BCUT2D eigenvalue weighted by atomic mass is 10.1. The molecule has 0 unspecified atom stereocenters. The van der Waals surface area contributed by atoms with E-state index in [0.29, 0.717) is 28.1 Å². The van der Waals surface area contributed by atoms with E-state index in [1.54, 1.807) is 43.8 Å². The SMILES string of the molecule is Cn1ncc(CN)c1C(=O)Nc1ccc(F)c(-c2ccncc2)c1. The van der Waals surface area contributed by atoms with E-state index < -0.39 is 0 Å². The molecule has 1 aromatic carbocycles. The third kappa shape index (κ3) is 3.02. The third-order valence-corrected chi connectivity index (χ3v) is 3.67. The number of halogens is 1. The van der Waals surface area contributed by atoms with Gasteiger partial charge in [-0.3, -0.25) is 14.5 Å². The summed E-state index contributed by atoms with van der Waals surface area (Å²) in [5, 5.41) is 6.80. The highest BCUT2D eigenvalue weighted by molar-refractivity contribution is 6.04. The van der Waals surface area contributed by atoms with Crippen LogP contribution in [0.5, 0.6) is 0 Å². The number of rotatable bonds is 4. The molecule has 6 nitrogen and oxygen atoms in total.